The zero-order valence-electron chi connectivity index (χ0n) is 10.7. The highest BCUT2D eigenvalue weighted by Gasteiger charge is 2.39. The van der Waals surface area contributed by atoms with Gasteiger partial charge in [-0.25, -0.2) is 4.79 Å². The summed E-state index contributed by atoms with van der Waals surface area (Å²) >= 11 is 0. The summed E-state index contributed by atoms with van der Waals surface area (Å²) in [4.78, 5) is 10.3. The molecule has 0 aromatic carbocycles. The van der Waals surface area contributed by atoms with Crippen molar-refractivity contribution < 1.29 is 4.79 Å². The Morgan fingerprint density at radius 3 is 2.56 bits per heavy atom. The summed E-state index contributed by atoms with van der Waals surface area (Å²) in [5.74, 6) is 2.97. The lowest BCUT2D eigenvalue weighted by atomic mass is 9.86. The van der Waals surface area contributed by atoms with E-state index in [-0.39, 0.29) is 0 Å². The van der Waals surface area contributed by atoms with E-state index >= 15 is 0 Å². The molecule has 0 aromatic rings. The highest BCUT2D eigenvalue weighted by Crippen LogP contribution is 2.49. The molecule has 1 aliphatic carbocycles. The molecule has 0 N–H and O–H groups in total. The van der Waals surface area contributed by atoms with Crippen molar-refractivity contribution in [3.63, 3.8) is 0 Å². The molecule has 0 unspecified atom stereocenters. The second kappa shape index (κ2) is 4.84. The molecule has 1 saturated carbocycles. The molecule has 88 valence electrons. The van der Waals surface area contributed by atoms with E-state index in [1.54, 1.807) is 0 Å². The van der Waals surface area contributed by atoms with E-state index < -0.39 is 0 Å². The van der Waals surface area contributed by atoms with Crippen molar-refractivity contribution in [1.82, 2.24) is 0 Å². The van der Waals surface area contributed by atoms with Crippen molar-refractivity contribution >= 4 is 5.94 Å². The summed E-state index contributed by atoms with van der Waals surface area (Å²) in [7, 11) is 0. The molecule has 0 spiro atoms. The molecular formula is C15H22O. The average Bonchev–Trinajstić information content (AvgIpc) is 2.41. The monoisotopic (exact) mass is 218 g/mol. The van der Waals surface area contributed by atoms with Gasteiger partial charge in [-0.2, -0.15) is 0 Å². The normalized spacial score (nSPS) is 27.2. The lowest BCUT2D eigenvalue weighted by Crippen LogP contribution is -2.09. The molecule has 1 fully saturated rings. The van der Waals surface area contributed by atoms with Crippen LogP contribution in [-0.4, -0.2) is 5.94 Å². The fourth-order valence-electron chi connectivity index (χ4n) is 2.97. The summed E-state index contributed by atoms with van der Waals surface area (Å²) in [6.07, 6.45) is 4.75. The fourth-order valence-corrected chi connectivity index (χ4v) is 2.97. The second-order valence-corrected chi connectivity index (χ2v) is 5.91. The predicted octanol–water partition coefficient (Wildman–Crippen LogP) is 3.95. The van der Waals surface area contributed by atoms with Gasteiger partial charge in [-0.05, 0) is 49.0 Å². The number of rotatable bonds is 4. The molecule has 0 aromatic heterocycles. The molecule has 1 rings (SSSR count). The summed E-state index contributed by atoms with van der Waals surface area (Å²) in [5.41, 5.74) is 2.54. The molecule has 0 amide bonds. The smallest absolute Gasteiger partial charge is 0.124 e. The van der Waals surface area contributed by atoms with Gasteiger partial charge in [0.15, 0.2) is 0 Å². The molecule has 1 heteroatoms. The van der Waals surface area contributed by atoms with E-state index in [0.29, 0.717) is 17.3 Å². The van der Waals surface area contributed by atoms with Crippen LogP contribution in [0.5, 0.6) is 0 Å². The van der Waals surface area contributed by atoms with Crippen molar-refractivity contribution in [3.05, 3.63) is 30.4 Å². The first-order valence-electron chi connectivity index (χ1n) is 5.90. The van der Waals surface area contributed by atoms with Crippen LogP contribution in [0.3, 0.4) is 0 Å². The molecule has 1 nitrogen and oxygen atoms in total. The maximum absolute atomic E-state index is 10.3. The van der Waals surface area contributed by atoms with Crippen molar-refractivity contribution in [3.8, 4) is 0 Å². The van der Waals surface area contributed by atoms with Gasteiger partial charge in [-0.1, -0.05) is 32.6 Å². The van der Waals surface area contributed by atoms with Gasteiger partial charge in [-0.15, -0.1) is 0 Å². The van der Waals surface area contributed by atoms with Gasteiger partial charge in [0.2, 0.25) is 0 Å². The van der Waals surface area contributed by atoms with E-state index in [9.17, 15) is 4.79 Å². The first-order valence-corrected chi connectivity index (χ1v) is 5.90. The first kappa shape index (κ1) is 13.0. The van der Waals surface area contributed by atoms with Crippen molar-refractivity contribution in [1.29, 1.82) is 0 Å². The fraction of sp³-hybridized carbons (Fsp3) is 0.600. The van der Waals surface area contributed by atoms with Crippen LogP contribution < -0.4 is 0 Å². The van der Waals surface area contributed by atoms with Gasteiger partial charge < -0.3 is 0 Å². The van der Waals surface area contributed by atoms with E-state index in [2.05, 4.69) is 33.9 Å². The third-order valence-electron chi connectivity index (χ3n) is 3.58. The van der Waals surface area contributed by atoms with Crippen LogP contribution in [0.25, 0.3) is 0 Å². The van der Waals surface area contributed by atoms with Gasteiger partial charge in [0.1, 0.15) is 5.94 Å². The first-order chi connectivity index (χ1) is 7.35. The lowest BCUT2D eigenvalue weighted by Gasteiger charge is -2.19. The second-order valence-electron chi connectivity index (χ2n) is 5.91. The quantitative estimate of drug-likeness (QED) is 0.397. The van der Waals surface area contributed by atoms with Gasteiger partial charge in [0.05, 0.1) is 0 Å². The molecule has 0 saturated heterocycles. The summed E-state index contributed by atoms with van der Waals surface area (Å²) in [6, 6.07) is 0. The largest absolute Gasteiger partial charge is 0.233 e. The molecule has 16 heavy (non-hydrogen) atoms. The summed E-state index contributed by atoms with van der Waals surface area (Å²) in [5, 5.41) is 0. The Hall–Kier alpha value is -1.07. The molecular weight excluding hydrogens is 196 g/mol. The van der Waals surface area contributed by atoms with Gasteiger partial charge in [0.25, 0.3) is 0 Å². The Bertz CT molecular complexity index is 342. The maximum Gasteiger partial charge on any atom is 0.124 e. The van der Waals surface area contributed by atoms with Gasteiger partial charge in [0, 0.05) is 6.08 Å². The van der Waals surface area contributed by atoms with E-state index in [0.717, 1.165) is 12.0 Å². The number of allylic oxidation sites excluding steroid dienone is 3. The van der Waals surface area contributed by atoms with Crippen LogP contribution >= 0.6 is 0 Å². The van der Waals surface area contributed by atoms with Crippen LogP contribution in [-0.2, 0) is 4.79 Å². The van der Waals surface area contributed by atoms with E-state index in [1.165, 1.54) is 24.5 Å². The Kier molecular flexibility index (Phi) is 3.93. The Morgan fingerprint density at radius 1 is 1.44 bits per heavy atom. The zero-order valence-corrected chi connectivity index (χ0v) is 10.7. The van der Waals surface area contributed by atoms with E-state index in [4.69, 9.17) is 0 Å². The van der Waals surface area contributed by atoms with Gasteiger partial charge >= 0.3 is 0 Å². The maximum atomic E-state index is 10.3. The SMILES string of the molecule is C=C(C=C=O)C[C@H]1CC(C)(C)C[C@H]1C(=C)C. The van der Waals surface area contributed by atoms with Crippen LogP contribution in [0.15, 0.2) is 30.4 Å². The highest BCUT2D eigenvalue weighted by molar-refractivity contribution is 5.51. The third-order valence-corrected chi connectivity index (χ3v) is 3.58. The van der Waals surface area contributed by atoms with Crippen LogP contribution in [0.1, 0.15) is 40.0 Å². The minimum Gasteiger partial charge on any atom is -0.233 e. The predicted molar refractivity (Wildman–Crippen MR) is 68.8 cm³/mol. The average molecular weight is 218 g/mol. The van der Waals surface area contributed by atoms with Gasteiger partial charge in [-0.3, -0.25) is 0 Å². The molecule has 0 bridgehead atoms. The molecule has 1 aliphatic rings. The van der Waals surface area contributed by atoms with Crippen molar-refractivity contribution in [2.45, 2.75) is 40.0 Å². The van der Waals surface area contributed by atoms with Crippen LogP contribution in [0.4, 0.5) is 0 Å². The lowest BCUT2D eigenvalue weighted by molar-refractivity contribution is 0.360. The van der Waals surface area contributed by atoms with Crippen LogP contribution in [0.2, 0.25) is 0 Å². The number of carbonyl (C=O) groups excluding carboxylic acids is 1. The third kappa shape index (κ3) is 3.21. The highest BCUT2D eigenvalue weighted by atomic mass is 16.1. The van der Waals surface area contributed by atoms with Crippen LogP contribution in [0, 0.1) is 17.3 Å². The Labute approximate surface area is 98.9 Å². The topological polar surface area (TPSA) is 17.1 Å². The Morgan fingerprint density at radius 2 is 2.06 bits per heavy atom. The summed E-state index contributed by atoms with van der Waals surface area (Å²) in [6.45, 7) is 14.7. The molecule has 0 heterocycles. The minimum atomic E-state index is 0.388. The molecule has 2 atom stereocenters. The standard InChI is InChI=1S/C15H22O/c1-11(2)14-10-15(4,5)9-13(14)8-12(3)6-7-16/h6,13-14H,1,3,8-10H2,2,4-5H3/t13-,14-/m0/s1. The van der Waals surface area contributed by atoms with E-state index in [1.807, 2.05) is 5.94 Å². The molecule has 0 aliphatic heterocycles. The molecule has 0 radical (unpaired) electrons. The van der Waals surface area contributed by atoms with Crippen molar-refractivity contribution in [2.24, 2.45) is 17.3 Å². The Balaban J connectivity index is 2.74. The zero-order chi connectivity index (χ0) is 12.3. The minimum absolute atomic E-state index is 0.388. The number of hydrogen-bond donors (Lipinski definition) is 0. The number of hydrogen-bond acceptors (Lipinski definition) is 1. The summed E-state index contributed by atoms with van der Waals surface area (Å²) < 4.78 is 0. The van der Waals surface area contributed by atoms with Crippen molar-refractivity contribution in [2.75, 3.05) is 0 Å².